The number of aryl methyl sites for hydroxylation is 2. The summed E-state index contributed by atoms with van der Waals surface area (Å²) < 4.78 is 13.7. The highest BCUT2D eigenvalue weighted by Gasteiger charge is 2.14. The molecule has 0 spiro atoms. The third kappa shape index (κ3) is 3.31. The lowest BCUT2D eigenvalue weighted by molar-refractivity contribution is 0.593. The van der Waals surface area contributed by atoms with E-state index in [1.165, 1.54) is 6.07 Å². The van der Waals surface area contributed by atoms with Gasteiger partial charge in [-0.2, -0.15) is 0 Å². The molecule has 4 heteroatoms. The first-order valence-corrected chi connectivity index (χ1v) is 6.49. The van der Waals surface area contributed by atoms with Gasteiger partial charge >= 0.3 is 0 Å². The van der Waals surface area contributed by atoms with Crippen LogP contribution in [0.1, 0.15) is 28.6 Å². The number of halogens is 2. The minimum Gasteiger partial charge on any atom is -0.324 e. The Morgan fingerprint density at radius 3 is 2.47 bits per heavy atom. The van der Waals surface area contributed by atoms with Crippen LogP contribution in [0.2, 0.25) is 5.02 Å². The van der Waals surface area contributed by atoms with Crippen LogP contribution in [-0.2, 0) is 6.42 Å². The zero-order valence-corrected chi connectivity index (χ0v) is 11.7. The number of aromatic nitrogens is 1. The summed E-state index contributed by atoms with van der Waals surface area (Å²) in [6.45, 7) is 3.83. The molecular weight excluding hydrogens is 263 g/mol. The van der Waals surface area contributed by atoms with Crippen molar-refractivity contribution in [2.24, 2.45) is 5.73 Å². The van der Waals surface area contributed by atoms with E-state index in [1.54, 1.807) is 12.1 Å². The summed E-state index contributed by atoms with van der Waals surface area (Å²) in [5, 5.41) is 0.415. The third-order valence-corrected chi connectivity index (χ3v) is 3.37. The molecule has 1 heterocycles. The van der Waals surface area contributed by atoms with Crippen molar-refractivity contribution in [3.63, 3.8) is 0 Å². The predicted octanol–water partition coefficient (Wildman–Crippen LogP) is 3.73. The fourth-order valence-corrected chi connectivity index (χ4v) is 2.39. The Morgan fingerprint density at radius 1 is 1.26 bits per heavy atom. The Morgan fingerprint density at radius 2 is 1.89 bits per heavy atom. The van der Waals surface area contributed by atoms with Gasteiger partial charge in [0.1, 0.15) is 5.82 Å². The first-order chi connectivity index (χ1) is 8.97. The molecule has 0 aliphatic heterocycles. The van der Waals surface area contributed by atoms with Crippen molar-refractivity contribution >= 4 is 11.6 Å². The van der Waals surface area contributed by atoms with Crippen LogP contribution >= 0.6 is 11.6 Å². The van der Waals surface area contributed by atoms with Crippen LogP contribution in [0, 0.1) is 19.7 Å². The Bertz CT molecular complexity index is 558. The lowest BCUT2D eigenvalue weighted by Crippen LogP contribution is -2.15. The van der Waals surface area contributed by atoms with Gasteiger partial charge in [0.25, 0.3) is 0 Å². The molecule has 100 valence electrons. The number of hydrogen-bond donors (Lipinski definition) is 1. The average Bonchev–Trinajstić information content (AvgIpc) is 2.32. The topological polar surface area (TPSA) is 38.9 Å². The number of hydrogen-bond acceptors (Lipinski definition) is 2. The van der Waals surface area contributed by atoms with Gasteiger partial charge in [-0.1, -0.05) is 17.7 Å². The molecule has 19 heavy (non-hydrogen) atoms. The second-order valence-corrected chi connectivity index (χ2v) is 5.10. The van der Waals surface area contributed by atoms with Crippen molar-refractivity contribution in [1.82, 2.24) is 4.98 Å². The second-order valence-electron chi connectivity index (χ2n) is 4.69. The van der Waals surface area contributed by atoms with Gasteiger partial charge in [-0.25, -0.2) is 4.39 Å². The van der Waals surface area contributed by atoms with Crippen LogP contribution in [0.15, 0.2) is 30.3 Å². The van der Waals surface area contributed by atoms with Crippen LogP contribution in [0.3, 0.4) is 0 Å². The first-order valence-electron chi connectivity index (χ1n) is 6.11. The molecule has 0 aliphatic rings. The molecule has 1 aromatic carbocycles. The van der Waals surface area contributed by atoms with Gasteiger partial charge in [-0.3, -0.25) is 4.98 Å². The molecule has 0 bridgehead atoms. The number of pyridine rings is 1. The summed E-state index contributed by atoms with van der Waals surface area (Å²) in [6, 6.07) is 8.22. The summed E-state index contributed by atoms with van der Waals surface area (Å²) in [5.74, 6) is -0.314. The maximum Gasteiger partial charge on any atom is 0.127 e. The number of nitrogens with zero attached hydrogens (tertiary/aromatic N) is 1. The van der Waals surface area contributed by atoms with E-state index in [4.69, 9.17) is 17.3 Å². The molecule has 2 nitrogen and oxygen atoms in total. The van der Waals surface area contributed by atoms with E-state index < -0.39 is 0 Å². The summed E-state index contributed by atoms with van der Waals surface area (Å²) in [5.41, 5.74) is 9.37. The predicted molar refractivity (Wildman–Crippen MR) is 75.8 cm³/mol. The van der Waals surface area contributed by atoms with Crippen LogP contribution in [0.5, 0.6) is 0 Å². The molecule has 2 rings (SSSR count). The largest absolute Gasteiger partial charge is 0.324 e. The highest BCUT2D eigenvalue weighted by Crippen LogP contribution is 2.25. The van der Waals surface area contributed by atoms with Gasteiger partial charge in [-0.15, -0.1) is 0 Å². The molecule has 2 aromatic rings. The van der Waals surface area contributed by atoms with Crippen LogP contribution in [0.4, 0.5) is 4.39 Å². The molecule has 1 unspecified atom stereocenters. The molecular formula is C15H16ClFN2. The Kier molecular flexibility index (Phi) is 4.17. The zero-order valence-electron chi connectivity index (χ0n) is 11.0. The van der Waals surface area contributed by atoms with Crippen LogP contribution in [0.25, 0.3) is 0 Å². The van der Waals surface area contributed by atoms with E-state index in [2.05, 4.69) is 4.98 Å². The Labute approximate surface area is 117 Å². The first kappa shape index (κ1) is 14.0. The molecule has 2 N–H and O–H groups in total. The highest BCUT2D eigenvalue weighted by molar-refractivity contribution is 6.31. The lowest BCUT2D eigenvalue weighted by Gasteiger charge is -2.15. The molecule has 0 saturated heterocycles. The van der Waals surface area contributed by atoms with Gasteiger partial charge in [0.05, 0.1) is 0 Å². The van der Waals surface area contributed by atoms with Crippen molar-refractivity contribution in [3.8, 4) is 0 Å². The second kappa shape index (κ2) is 5.68. The van der Waals surface area contributed by atoms with E-state index in [-0.39, 0.29) is 11.9 Å². The van der Waals surface area contributed by atoms with E-state index >= 15 is 0 Å². The molecule has 0 amide bonds. The Hall–Kier alpha value is -1.45. The van der Waals surface area contributed by atoms with Gasteiger partial charge < -0.3 is 5.73 Å². The average molecular weight is 279 g/mol. The summed E-state index contributed by atoms with van der Waals surface area (Å²) in [6.07, 6.45) is 0.369. The van der Waals surface area contributed by atoms with Crippen LogP contribution < -0.4 is 5.73 Å². The number of benzene rings is 1. The van der Waals surface area contributed by atoms with Crippen molar-refractivity contribution in [3.05, 3.63) is 63.7 Å². The lowest BCUT2D eigenvalue weighted by atomic mass is 9.99. The molecule has 0 radical (unpaired) electrons. The SMILES string of the molecule is Cc1cc(C(N)Cc2c(F)cccc2Cl)cc(C)n1. The minimum absolute atomic E-state index is 0.296. The van der Waals surface area contributed by atoms with E-state index in [9.17, 15) is 4.39 Å². The van der Waals surface area contributed by atoms with Crippen molar-refractivity contribution < 1.29 is 4.39 Å². The normalized spacial score (nSPS) is 12.5. The zero-order chi connectivity index (χ0) is 14.0. The summed E-state index contributed by atoms with van der Waals surface area (Å²) >= 11 is 6.02. The van der Waals surface area contributed by atoms with Crippen molar-refractivity contribution in [2.45, 2.75) is 26.3 Å². The van der Waals surface area contributed by atoms with Gasteiger partial charge in [-0.05, 0) is 50.1 Å². The van der Waals surface area contributed by atoms with Gasteiger partial charge in [0, 0.05) is 28.0 Å². The number of rotatable bonds is 3. The van der Waals surface area contributed by atoms with Gasteiger partial charge in [0.2, 0.25) is 0 Å². The third-order valence-electron chi connectivity index (χ3n) is 3.02. The fourth-order valence-electron chi connectivity index (χ4n) is 2.15. The smallest absolute Gasteiger partial charge is 0.127 e. The van der Waals surface area contributed by atoms with Crippen LogP contribution in [-0.4, -0.2) is 4.98 Å². The van der Waals surface area contributed by atoms with Crippen molar-refractivity contribution in [1.29, 1.82) is 0 Å². The highest BCUT2D eigenvalue weighted by atomic mass is 35.5. The van der Waals surface area contributed by atoms with Crippen molar-refractivity contribution in [2.75, 3.05) is 0 Å². The van der Waals surface area contributed by atoms with E-state index in [0.717, 1.165) is 17.0 Å². The summed E-state index contributed by atoms with van der Waals surface area (Å²) in [7, 11) is 0. The molecule has 0 saturated carbocycles. The molecule has 0 aliphatic carbocycles. The molecule has 1 aromatic heterocycles. The maximum absolute atomic E-state index is 13.7. The van der Waals surface area contributed by atoms with E-state index in [1.807, 2.05) is 26.0 Å². The monoisotopic (exact) mass is 278 g/mol. The molecule has 1 atom stereocenters. The summed E-state index contributed by atoms with van der Waals surface area (Å²) in [4.78, 5) is 4.30. The van der Waals surface area contributed by atoms with E-state index in [0.29, 0.717) is 17.0 Å². The minimum atomic E-state index is -0.314. The number of nitrogens with two attached hydrogens (primary N) is 1. The Balaban J connectivity index is 2.28. The van der Waals surface area contributed by atoms with Gasteiger partial charge in [0.15, 0.2) is 0 Å². The fraction of sp³-hybridized carbons (Fsp3) is 0.267. The maximum atomic E-state index is 13.7. The quantitative estimate of drug-likeness (QED) is 0.929. The standard InChI is InChI=1S/C15H16ClFN2/c1-9-6-11(7-10(2)19-9)15(18)8-12-13(16)4-3-5-14(12)17/h3-7,15H,8,18H2,1-2H3. The molecule has 0 fully saturated rings.